The number of aldehydes is 1. The summed E-state index contributed by atoms with van der Waals surface area (Å²) in [5.41, 5.74) is 1.04. The molecule has 0 aliphatic carbocycles. The van der Waals surface area contributed by atoms with Gasteiger partial charge in [0.05, 0.1) is 18.2 Å². The van der Waals surface area contributed by atoms with E-state index in [9.17, 15) is 9.59 Å². The van der Waals surface area contributed by atoms with Crippen molar-refractivity contribution in [1.82, 2.24) is 0 Å². The first kappa shape index (κ1) is 10.2. The van der Waals surface area contributed by atoms with Crippen LogP contribution in [0.5, 0.6) is 5.75 Å². The first-order valence-corrected chi connectivity index (χ1v) is 3.97. The maximum atomic E-state index is 10.7. The number of benzene rings is 1. The average Bonchev–Trinajstić information content (AvgIpc) is 2.16. The third-order valence-corrected chi connectivity index (χ3v) is 1.93. The molecule has 0 aliphatic rings. The van der Waals surface area contributed by atoms with Crippen molar-refractivity contribution in [2.45, 2.75) is 6.92 Å². The Hall–Kier alpha value is -1.84. The van der Waals surface area contributed by atoms with Crippen LogP contribution in [0.2, 0.25) is 0 Å². The zero-order valence-corrected chi connectivity index (χ0v) is 7.90. The van der Waals surface area contributed by atoms with Crippen LogP contribution in [0.15, 0.2) is 12.1 Å². The van der Waals surface area contributed by atoms with Crippen LogP contribution < -0.4 is 4.74 Å². The number of carbonyl (C=O) groups is 2. The fourth-order valence-corrected chi connectivity index (χ4v) is 1.21. The van der Waals surface area contributed by atoms with Gasteiger partial charge in [0.2, 0.25) is 0 Å². The molecule has 0 saturated carbocycles. The van der Waals surface area contributed by atoms with Gasteiger partial charge in [-0.1, -0.05) is 0 Å². The number of carboxylic acids is 1. The number of methoxy groups -OCH3 is 1. The van der Waals surface area contributed by atoms with Crippen LogP contribution in [0, 0.1) is 6.92 Å². The molecule has 0 fully saturated rings. The molecule has 0 unspecified atom stereocenters. The summed E-state index contributed by atoms with van der Waals surface area (Å²) in [7, 11) is 1.39. The van der Waals surface area contributed by atoms with E-state index in [4.69, 9.17) is 9.84 Å². The van der Waals surface area contributed by atoms with E-state index in [1.807, 2.05) is 0 Å². The maximum absolute atomic E-state index is 10.7. The Bertz CT molecular complexity index is 382. The minimum atomic E-state index is -1.03. The van der Waals surface area contributed by atoms with Gasteiger partial charge < -0.3 is 9.84 Å². The molecule has 0 radical (unpaired) electrons. The Morgan fingerprint density at radius 2 is 2.14 bits per heavy atom. The highest BCUT2D eigenvalue weighted by molar-refractivity contribution is 5.92. The van der Waals surface area contributed by atoms with Gasteiger partial charge in [0.25, 0.3) is 0 Å². The van der Waals surface area contributed by atoms with E-state index in [1.54, 1.807) is 6.92 Å². The van der Waals surface area contributed by atoms with Gasteiger partial charge in [0, 0.05) is 0 Å². The second-order valence-corrected chi connectivity index (χ2v) is 2.83. The van der Waals surface area contributed by atoms with Crippen molar-refractivity contribution in [2.75, 3.05) is 7.11 Å². The first-order chi connectivity index (χ1) is 6.60. The number of carboxylic acid groups (broad SMARTS) is 1. The molecule has 14 heavy (non-hydrogen) atoms. The van der Waals surface area contributed by atoms with Crippen molar-refractivity contribution in [1.29, 1.82) is 0 Å². The molecule has 4 nitrogen and oxygen atoms in total. The van der Waals surface area contributed by atoms with Gasteiger partial charge in [-0.2, -0.15) is 0 Å². The Morgan fingerprint density at radius 3 is 2.57 bits per heavy atom. The van der Waals surface area contributed by atoms with Crippen molar-refractivity contribution in [3.63, 3.8) is 0 Å². The molecule has 0 saturated heterocycles. The van der Waals surface area contributed by atoms with E-state index >= 15 is 0 Å². The second-order valence-electron chi connectivity index (χ2n) is 2.83. The molecule has 0 aliphatic heterocycles. The van der Waals surface area contributed by atoms with Gasteiger partial charge in [-0.05, 0) is 24.6 Å². The number of hydrogen-bond donors (Lipinski definition) is 1. The standard InChI is InChI=1S/C10H10O4/c1-6-3-7(5-11)9(14-2)4-8(6)10(12)13/h3-5H,1-2H3,(H,12,13). The summed E-state index contributed by atoms with van der Waals surface area (Å²) in [5.74, 6) is -0.749. The van der Waals surface area contributed by atoms with Crippen LogP contribution >= 0.6 is 0 Å². The summed E-state index contributed by atoms with van der Waals surface area (Å²) in [6.07, 6.45) is 0.636. The lowest BCUT2D eigenvalue weighted by Crippen LogP contribution is -2.02. The minimum Gasteiger partial charge on any atom is -0.496 e. The van der Waals surface area contributed by atoms with E-state index < -0.39 is 5.97 Å². The fraction of sp³-hybridized carbons (Fsp3) is 0.200. The van der Waals surface area contributed by atoms with Gasteiger partial charge in [-0.25, -0.2) is 4.79 Å². The third kappa shape index (κ3) is 1.74. The fourth-order valence-electron chi connectivity index (χ4n) is 1.21. The summed E-state index contributed by atoms with van der Waals surface area (Å²) in [5, 5.41) is 8.81. The predicted octanol–water partition coefficient (Wildman–Crippen LogP) is 1.51. The molecule has 0 amide bonds. The van der Waals surface area contributed by atoms with Crippen LogP contribution in [0.4, 0.5) is 0 Å². The van der Waals surface area contributed by atoms with Crippen LogP contribution in [-0.2, 0) is 0 Å². The van der Waals surface area contributed by atoms with E-state index in [-0.39, 0.29) is 11.3 Å². The number of aromatic carboxylic acids is 1. The number of ether oxygens (including phenoxy) is 1. The summed E-state index contributed by atoms with van der Waals surface area (Å²) < 4.78 is 4.89. The zero-order valence-electron chi connectivity index (χ0n) is 7.90. The molecule has 0 aromatic heterocycles. The summed E-state index contributed by atoms with van der Waals surface area (Å²) >= 11 is 0. The molecule has 1 N–H and O–H groups in total. The molecule has 1 aromatic carbocycles. The molecule has 4 heteroatoms. The highest BCUT2D eigenvalue weighted by Gasteiger charge is 2.12. The Labute approximate surface area is 81.1 Å². The van der Waals surface area contributed by atoms with Gasteiger partial charge in [-0.15, -0.1) is 0 Å². The SMILES string of the molecule is COc1cc(C(=O)O)c(C)cc1C=O. The topological polar surface area (TPSA) is 63.6 Å². The van der Waals surface area contributed by atoms with E-state index in [0.717, 1.165) is 0 Å². The summed E-state index contributed by atoms with van der Waals surface area (Å²) in [4.78, 5) is 21.3. The lowest BCUT2D eigenvalue weighted by atomic mass is 10.0. The number of rotatable bonds is 3. The number of hydrogen-bond acceptors (Lipinski definition) is 3. The minimum absolute atomic E-state index is 0.146. The van der Waals surface area contributed by atoms with Gasteiger partial charge in [0.15, 0.2) is 6.29 Å². The normalized spacial score (nSPS) is 9.57. The molecular formula is C10H10O4. The van der Waals surface area contributed by atoms with Crippen molar-refractivity contribution < 1.29 is 19.4 Å². The van der Waals surface area contributed by atoms with Crippen molar-refractivity contribution in [3.8, 4) is 5.75 Å². The van der Waals surface area contributed by atoms with Gasteiger partial charge >= 0.3 is 5.97 Å². The van der Waals surface area contributed by atoms with E-state index in [0.29, 0.717) is 17.4 Å². The second kappa shape index (κ2) is 3.91. The Balaban J connectivity index is 3.37. The molecule has 0 bridgehead atoms. The highest BCUT2D eigenvalue weighted by Crippen LogP contribution is 2.21. The number of carbonyl (C=O) groups excluding carboxylic acids is 1. The summed E-state index contributed by atoms with van der Waals surface area (Å²) in [6.45, 7) is 1.63. The Kier molecular flexibility index (Phi) is 2.86. The molecule has 74 valence electrons. The Morgan fingerprint density at radius 1 is 1.50 bits per heavy atom. The van der Waals surface area contributed by atoms with Crippen molar-refractivity contribution in [3.05, 3.63) is 28.8 Å². The average molecular weight is 194 g/mol. The third-order valence-electron chi connectivity index (χ3n) is 1.93. The van der Waals surface area contributed by atoms with Crippen LogP contribution in [0.1, 0.15) is 26.3 Å². The largest absolute Gasteiger partial charge is 0.496 e. The maximum Gasteiger partial charge on any atom is 0.336 e. The van der Waals surface area contributed by atoms with E-state index in [1.165, 1.54) is 19.2 Å². The van der Waals surface area contributed by atoms with Crippen molar-refractivity contribution >= 4 is 12.3 Å². The predicted molar refractivity (Wildman–Crippen MR) is 50.1 cm³/mol. The molecule has 0 heterocycles. The van der Waals surface area contributed by atoms with Crippen LogP contribution in [0.25, 0.3) is 0 Å². The van der Waals surface area contributed by atoms with Gasteiger partial charge in [0.1, 0.15) is 5.75 Å². The molecule has 1 rings (SSSR count). The van der Waals surface area contributed by atoms with E-state index in [2.05, 4.69) is 0 Å². The quantitative estimate of drug-likeness (QED) is 0.741. The number of aryl methyl sites for hydroxylation is 1. The van der Waals surface area contributed by atoms with Crippen LogP contribution in [-0.4, -0.2) is 24.5 Å². The molecule has 1 aromatic rings. The molecular weight excluding hydrogens is 184 g/mol. The van der Waals surface area contributed by atoms with Crippen molar-refractivity contribution in [2.24, 2.45) is 0 Å². The smallest absolute Gasteiger partial charge is 0.336 e. The lowest BCUT2D eigenvalue weighted by molar-refractivity contribution is 0.0695. The first-order valence-electron chi connectivity index (χ1n) is 3.97. The summed E-state index contributed by atoms with van der Waals surface area (Å²) in [6, 6.07) is 2.84. The molecule has 0 spiro atoms. The van der Waals surface area contributed by atoms with Crippen LogP contribution in [0.3, 0.4) is 0 Å². The monoisotopic (exact) mass is 194 g/mol. The lowest BCUT2D eigenvalue weighted by Gasteiger charge is -2.07. The molecule has 0 atom stereocenters. The zero-order chi connectivity index (χ0) is 10.7. The highest BCUT2D eigenvalue weighted by atomic mass is 16.5. The van der Waals surface area contributed by atoms with Gasteiger partial charge in [-0.3, -0.25) is 4.79 Å².